The molecule has 9 aromatic carbocycles. The van der Waals surface area contributed by atoms with Gasteiger partial charge in [-0.2, -0.15) is 0 Å². The van der Waals surface area contributed by atoms with E-state index in [1.165, 1.54) is 64.6 Å². The van der Waals surface area contributed by atoms with E-state index >= 15 is 0 Å². The van der Waals surface area contributed by atoms with E-state index in [1.54, 1.807) is 85.8 Å². The van der Waals surface area contributed by atoms with Crippen LogP contribution in [0.4, 0.5) is 0 Å². The van der Waals surface area contributed by atoms with E-state index in [1.807, 2.05) is 42.5 Å². The minimum absolute atomic E-state index is 0.00278. The Morgan fingerprint density at radius 2 is 0.748 bits per heavy atom. The number of benzene rings is 9. The second-order valence-corrected chi connectivity index (χ2v) is 29.3. The zero-order valence-corrected chi connectivity index (χ0v) is 65.6. The van der Waals surface area contributed by atoms with E-state index in [4.69, 9.17) is 14.2 Å². The molecule has 0 spiro atoms. The monoisotopic (exact) mass is 1500 g/mol. The highest BCUT2D eigenvalue weighted by Crippen LogP contribution is 2.45. The molecule has 17 nitrogen and oxygen atoms in total. The van der Waals surface area contributed by atoms with Crippen molar-refractivity contribution >= 4 is 85.3 Å². The van der Waals surface area contributed by atoms with Crippen molar-refractivity contribution in [3.05, 3.63) is 226 Å². The number of unbranched alkanes of at least 4 members (excludes halogenated alkanes) is 8. The first kappa shape index (κ1) is 82.4. The fraction of sp³-hybridized carbons (Fsp3) is 0.372. The van der Waals surface area contributed by atoms with Crippen LogP contribution in [-0.2, 0) is 9.53 Å². The number of phenols is 2. The van der Waals surface area contributed by atoms with Crippen LogP contribution in [0.1, 0.15) is 265 Å². The Hall–Kier alpha value is -11.1. The Morgan fingerprint density at radius 3 is 1.23 bits per heavy atom. The summed E-state index contributed by atoms with van der Waals surface area (Å²) in [5, 5.41) is 23.8. The average molecular weight is 1500 g/mol. The summed E-state index contributed by atoms with van der Waals surface area (Å²) in [4.78, 5) is 125. The molecule has 3 unspecified atom stereocenters. The van der Waals surface area contributed by atoms with Crippen molar-refractivity contribution in [1.29, 1.82) is 0 Å². The fourth-order valence-electron chi connectivity index (χ4n) is 15.2. The maximum Gasteiger partial charge on any atom is 0.333 e. The smallest absolute Gasteiger partial charge is 0.333 e. The topological polar surface area (TPSA) is 231 Å². The van der Waals surface area contributed by atoms with Crippen molar-refractivity contribution < 1.29 is 67.6 Å². The number of para-hydroxylation sites is 1. The minimum atomic E-state index is -0.515. The lowest BCUT2D eigenvalue weighted by Gasteiger charge is -2.31. The van der Waals surface area contributed by atoms with Gasteiger partial charge in [-0.25, -0.2) is 4.79 Å². The number of nitrogens with zero attached hydrogens (tertiary/aromatic N) is 3. The first-order valence-corrected chi connectivity index (χ1v) is 39.9. The van der Waals surface area contributed by atoms with E-state index in [-0.39, 0.29) is 105 Å². The number of ether oxygens (including phenoxy) is 3. The van der Waals surface area contributed by atoms with Crippen LogP contribution in [0.3, 0.4) is 0 Å². The zero-order valence-electron chi connectivity index (χ0n) is 65.6. The maximum atomic E-state index is 13.8. The number of ketones is 2. The molecule has 0 saturated heterocycles. The lowest BCUT2D eigenvalue weighted by molar-refractivity contribution is -0.139. The Labute approximate surface area is 652 Å². The average Bonchev–Trinajstić information content (AvgIpc) is 0.728. The fourth-order valence-corrected chi connectivity index (χ4v) is 15.2. The number of hydrogen-bond donors (Lipinski definition) is 2. The minimum Gasteiger partial charge on any atom is -0.507 e. The second-order valence-electron chi connectivity index (χ2n) is 29.3. The van der Waals surface area contributed by atoms with Crippen LogP contribution in [-0.4, -0.2) is 117 Å². The molecule has 12 rings (SSSR count). The number of esters is 1. The molecule has 9 aromatic rings. The number of hydrogen-bond acceptors (Lipinski definition) is 14. The first-order valence-electron chi connectivity index (χ1n) is 39.9. The number of aromatic hydroxyl groups is 2. The van der Waals surface area contributed by atoms with Gasteiger partial charge in [0.2, 0.25) is 0 Å². The zero-order chi connectivity index (χ0) is 79.4. The van der Waals surface area contributed by atoms with Crippen LogP contribution in [0.5, 0.6) is 23.0 Å². The van der Waals surface area contributed by atoms with Crippen LogP contribution in [0.25, 0.3) is 43.4 Å². The van der Waals surface area contributed by atoms with Gasteiger partial charge in [0.25, 0.3) is 35.4 Å². The highest BCUT2D eigenvalue weighted by atomic mass is 16.6. The van der Waals surface area contributed by atoms with Gasteiger partial charge >= 0.3 is 5.97 Å². The molecule has 0 bridgehead atoms. The molecule has 17 heteroatoms. The van der Waals surface area contributed by atoms with Crippen molar-refractivity contribution in [2.24, 2.45) is 17.8 Å². The molecule has 111 heavy (non-hydrogen) atoms. The molecular weight excluding hydrogens is 1400 g/mol. The predicted molar refractivity (Wildman–Crippen MR) is 437 cm³/mol. The maximum absolute atomic E-state index is 13.8. The lowest BCUT2D eigenvalue weighted by atomic mass is 9.84. The quantitative estimate of drug-likeness (QED) is 0.0122. The van der Waals surface area contributed by atoms with Crippen molar-refractivity contribution in [3.63, 3.8) is 0 Å². The third-order valence-corrected chi connectivity index (χ3v) is 21.6. The van der Waals surface area contributed by atoms with Crippen LogP contribution >= 0.6 is 0 Å². The summed E-state index contributed by atoms with van der Waals surface area (Å²) < 4.78 is 17.1. The van der Waals surface area contributed by atoms with Gasteiger partial charge in [-0.05, 0) is 140 Å². The number of rotatable bonds is 36. The molecule has 3 aliphatic heterocycles. The molecule has 0 fully saturated rings. The Balaban J connectivity index is 0.000000178. The van der Waals surface area contributed by atoms with E-state index in [0.717, 1.165) is 118 Å². The van der Waals surface area contributed by atoms with Gasteiger partial charge < -0.3 is 24.4 Å². The van der Waals surface area contributed by atoms with Crippen LogP contribution < -0.4 is 9.47 Å². The molecule has 3 atom stereocenters. The van der Waals surface area contributed by atoms with Gasteiger partial charge in [0.05, 0.1) is 17.6 Å². The van der Waals surface area contributed by atoms with Gasteiger partial charge in [-0.3, -0.25) is 53.1 Å². The predicted octanol–water partition coefficient (Wildman–Crippen LogP) is 20.7. The molecule has 3 heterocycles. The van der Waals surface area contributed by atoms with Crippen molar-refractivity contribution in [2.75, 3.05) is 39.5 Å². The number of carbonyl (C=O) groups is 9. The number of phenolic OH excluding ortho intramolecular Hbond substituents is 2. The standard InChI is InChI=1S/C34H31NO5.C34H43NO3.C26H31NO6/c1-3-5-11-21(4-2)20-35-33(39)26-18-16-24(31(37)22-12-7-6-8-13-22)29-25(17-19-27(30(26)29)34(35)40)32(38)23-14-9-10-15-28(23)36;1-4-7-9-10-11-15-23-38-30-22-21-29-31-28(20-19-27(32(30)31)26-17-13-12-14-18-26)33(36)35(34(29)37)24-25(6-3)16-8-5-2;1-5-7-8-17(6-2)15-27-24(29)18-9-11-20(28)23-21(12-10-19(22(18)23)25(27)30)32-13-14-33-26(31)16(3)4/h6-10,12-19,21,36H,3-5,11,20H2,1-2H3;12-14,17-22,25H,4-11,15-16,23-24H2,1-3H3;9-12,17,28H,3,5-8,13-15H2,1-2,4H3. The molecule has 2 N–H and O–H groups in total. The summed E-state index contributed by atoms with van der Waals surface area (Å²) in [6.45, 7) is 21.8. The summed E-state index contributed by atoms with van der Waals surface area (Å²) >= 11 is 0. The molecule has 580 valence electrons. The van der Waals surface area contributed by atoms with Crippen molar-refractivity contribution in [1.82, 2.24) is 14.7 Å². The summed E-state index contributed by atoms with van der Waals surface area (Å²) in [5.41, 5.74) is 5.67. The van der Waals surface area contributed by atoms with E-state index in [2.05, 4.69) is 67.2 Å². The van der Waals surface area contributed by atoms with Gasteiger partial charge in [0, 0.05) is 102 Å². The van der Waals surface area contributed by atoms with Crippen LogP contribution in [0.2, 0.25) is 0 Å². The van der Waals surface area contributed by atoms with Crippen molar-refractivity contribution in [3.8, 4) is 34.1 Å². The second kappa shape index (κ2) is 39.0. The Kier molecular flexibility index (Phi) is 29.0. The summed E-state index contributed by atoms with van der Waals surface area (Å²) in [7, 11) is 0. The van der Waals surface area contributed by atoms with Gasteiger partial charge in [-0.15, -0.1) is 0 Å². The molecule has 0 aliphatic carbocycles. The Bertz CT molecular complexity index is 4860. The van der Waals surface area contributed by atoms with E-state index in [0.29, 0.717) is 81.9 Å². The molecule has 6 amide bonds. The first-order chi connectivity index (χ1) is 53.8. The summed E-state index contributed by atoms with van der Waals surface area (Å²) in [5.74, 6) is -1.76. The normalized spacial score (nSPS) is 13.7. The summed E-state index contributed by atoms with van der Waals surface area (Å²) in [6, 6.07) is 45.2. The molecule has 0 saturated carbocycles. The van der Waals surface area contributed by atoms with Gasteiger partial charge in [0.15, 0.2) is 11.6 Å². The van der Waals surface area contributed by atoms with Crippen LogP contribution in [0.15, 0.2) is 170 Å². The molecule has 0 radical (unpaired) electrons. The van der Waals surface area contributed by atoms with Crippen molar-refractivity contribution in [2.45, 2.75) is 171 Å². The largest absolute Gasteiger partial charge is 0.507 e. The van der Waals surface area contributed by atoms with Gasteiger partial charge in [0.1, 0.15) is 36.2 Å². The number of carbonyl (C=O) groups excluding carboxylic acids is 9. The number of amides is 6. The van der Waals surface area contributed by atoms with Gasteiger partial charge in [-0.1, -0.05) is 224 Å². The summed E-state index contributed by atoms with van der Waals surface area (Å²) in [6.07, 6.45) is 19.2. The number of imide groups is 3. The van der Waals surface area contributed by atoms with E-state index in [9.17, 15) is 53.4 Å². The van der Waals surface area contributed by atoms with E-state index < -0.39 is 23.6 Å². The highest BCUT2D eigenvalue weighted by molar-refractivity contribution is 6.33. The molecular formula is C94H105N3O14. The SMILES string of the molecule is C=C(C)C(=O)OCCOc1ccc2c3c(ccc(O)c13)C(=O)N(CC(CC)CCCC)C2=O.CCCCC(CC)CN1C(=O)c2ccc(C(=O)c3ccccc3)c3c(C(=O)c4ccccc4O)ccc(c23)C1=O.CCCCCCCCOc1ccc2c3c(ccc(-c4ccccc4)c13)C(=O)N(CC(CC)CCCC)C2=O. The van der Waals surface area contributed by atoms with Crippen LogP contribution in [0, 0.1) is 17.8 Å². The Morgan fingerprint density at radius 1 is 0.360 bits per heavy atom. The third kappa shape index (κ3) is 18.5. The lowest BCUT2D eigenvalue weighted by Crippen LogP contribution is -2.43. The highest BCUT2D eigenvalue weighted by Gasteiger charge is 2.40. The molecule has 0 aromatic heterocycles. The molecule has 3 aliphatic rings. The third-order valence-electron chi connectivity index (χ3n) is 21.6.